The van der Waals surface area contributed by atoms with Gasteiger partial charge >= 0.3 is 0 Å². The predicted molar refractivity (Wildman–Crippen MR) is 41.8 cm³/mol. The average Bonchev–Trinajstić information content (AvgIpc) is 1.69. The highest BCUT2D eigenvalue weighted by Crippen LogP contribution is 2.14. The van der Waals surface area contributed by atoms with Gasteiger partial charge in [0.2, 0.25) is 0 Å². The third kappa shape index (κ3) is 2.39. The van der Waals surface area contributed by atoms with Gasteiger partial charge in [0.05, 0.1) is 0 Å². The van der Waals surface area contributed by atoms with E-state index in [0.717, 1.165) is 12.5 Å². The van der Waals surface area contributed by atoms with Crippen molar-refractivity contribution < 1.29 is 0 Å². The molecule has 0 saturated heterocycles. The van der Waals surface area contributed by atoms with Gasteiger partial charge in [0.15, 0.2) is 0 Å². The van der Waals surface area contributed by atoms with E-state index in [9.17, 15) is 0 Å². The van der Waals surface area contributed by atoms with Gasteiger partial charge in [-0.15, -0.1) is 0 Å². The van der Waals surface area contributed by atoms with Crippen LogP contribution in [0.4, 0.5) is 0 Å². The van der Waals surface area contributed by atoms with Gasteiger partial charge in [0.1, 0.15) is 6.71 Å². The van der Waals surface area contributed by atoms with E-state index in [4.69, 9.17) is 0 Å². The molecule has 0 aliphatic rings. The molecule has 0 aromatic rings. The second-order valence-electron chi connectivity index (χ2n) is 2.82. The van der Waals surface area contributed by atoms with E-state index in [1.165, 1.54) is 12.6 Å². The Balaban J connectivity index is 3.35. The van der Waals surface area contributed by atoms with Crippen LogP contribution in [0.3, 0.4) is 0 Å². The Hall–Kier alpha value is 0.0649. The normalized spacial score (nSPS) is 10.1. The fourth-order valence-corrected chi connectivity index (χ4v) is 1.23. The third-order valence-electron chi connectivity index (χ3n) is 1.99. The van der Waals surface area contributed by atoms with Gasteiger partial charge in [-0.25, -0.2) is 0 Å². The van der Waals surface area contributed by atoms with Crippen LogP contribution in [-0.2, 0) is 0 Å². The van der Waals surface area contributed by atoms with Crippen LogP contribution in [0.5, 0.6) is 0 Å². The molecule has 0 spiro atoms. The van der Waals surface area contributed by atoms with Crippen LogP contribution in [0.1, 0.15) is 27.7 Å². The van der Waals surface area contributed by atoms with E-state index in [2.05, 4.69) is 27.7 Å². The maximum absolute atomic E-state index is 2.30. The Labute approximate surface area is 53.8 Å². The quantitative estimate of drug-likeness (QED) is 0.492. The van der Waals surface area contributed by atoms with E-state index < -0.39 is 0 Å². The fourth-order valence-electron chi connectivity index (χ4n) is 1.23. The molecule has 8 heavy (non-hydrogen) atoms. The minimum absolute atomic E-state index is 0.880. The minimum Gasteiger partial charge on any atom is -0.0768 e. The molecule has 0 saturated carbocycles. The zero-order chi connectivity index (χ0) is 6.57. The monoisotopic (exact) mass is 112 g/mol. The van der Waals surface area contributed by atoms with Crippen molar-refractivity contribution >= 4 is 6.71 Å². The number of hydrogen-bond acceptors (Lipinski definition) is 0. The average molecular weight is 112 g/mol. The SMILES string of the molecule is CCB(CC)C(C)C. The molecule has 0 unspecified atom stereocenters. The summed E-state index contributed by atoms with van der Waals surface area (Å²) in [5, 5.41) is 0. The molecule has 0 aliphatic carbocycles. The van der Waals surface area contributed by atoms with Crippen LogP contribution >= 0.6 is 0 Å². The van der Waals surface area contributed by atoms with Crippen LogP contribution in [0.2, 0.25) is 18.5 Å². The van der Waals surface area contributed by atoms with Crippen molar-refractivity contribution in [2.24, 2.45) is 0 Å². The summed E-state index contributed by atoms with van der Waals surface area (Å²) < 4.78 is 0. The van der Waals surface area contributed by atoms with Gasteiger partial charge in [0, 0.05) is 0 Å². The lowest BCUT2D eigenvalue weighted by molar-refractivity contribution is 1.00. The molecule has 0 rings (SSSR count). The molecule has 0 nitrogen and oxygen atoms in total. The van der Waals surface area contributed by atoms with Gasteiger partial charge < -0.3 is 0 Å². The summed E-state index contributed by atoms with van der Waals surface area (Å²) in [5.41, 5.74) is 0. The zero-order valence-electron chi connectivity index (χ0n) is 6.57. The van der Waals surface area contributed by atoms with E-state index in [1.807, 2.05) is 0 Å². The molecule has 0 aromatic carbocycles. The molecule has 1 heteroatoms. The summed E-state index contributed by atoms with van der Waals surface area (Å²) in [6.07, 6.45) is 2.68. The van der Waals surface area contributed by atoms with Crippen LogP contribution < -0.4 is 0 Å². The fraction of sp³-hybridized carbons (Fsp3) is 1.00. The Morgan fingerprint density at radius 3 is 1.50 bits per heavy atom. The Bertz CT molecular complexity index is 46.3. The van der Waals surface area contributed by atoms with Gasteiger partial charge in [-0.1, -0.05) is 46.2 Å². The lowest BCUT2D eigenvalue weighted by atomic mass is 9.39. The highest BCUT2D eigenvalue weighted by molar-refractivity contribution is 6.60. The van der Waals surface area contributed by atoms with Crippen molar-refractivity contribution in [2.45, 2.75) is 46.2 Å². The maximum Gasteiger partial charge on any atom is 0.142 e. The number of rotatable bonds is 3. The summed E-state index contributed by atoms with van der Waals surface area (Å²) >= 11 is 0. The highest BCUT2D eigenvalue weighted by Gasteiger charge is 2.11. The van der Waals surface area contributed by atoms with Crippen LogP contribution in [0, 0.1) is 0 Å². The first-order chi connectivity index (χ1) is 3.72. The molecule has 0 N–H and O–H groups in total. The van der Waals surface area contributed by atoms with E-state index in [-0.39, 0.29) is 0 Å². The molecule has 0 atom stereocenters. The second-order valence-corrected chi connectivity index (χ2v) is 2.82. The first kappa shape index (κ1) is 8.06. The molecular formula is C7H17B. The highest BCUT2D eigenvalue weighted by atomic mass is 13.8. The summed E-state index contributed by atoms with van der Waals surface area (Å²) in [6, 6.07) is 0. The summed E-state index contributed by atoms with van der Waals surface area (Å²) in [4.78, 5) is 0. The molecule has 0 heterocycles. The summed E-state index contributed by atoms with van der Waals surface area (Å²) in [6.45, 7) is 10.1. The lowest BCUT2D eigenvalue weighted by Crippen LogP contribution is -2.12. The minimum atomic E-state index is 0.880. The molecule has 0 aromatic heterocycles. The third-order valence-corrected chi connectivity index (χ3v) is 1.99. The maximum atomic E-state index is 2.30. The lowest BCUT2D eigenvalue weighted by Gasteiger charge is -2.10. The van der Waals surface area contributed by atoms with Crippen molar-refractivity contribution in [3.63, 3.8) is 0 Å². The molecule has 0 aliphatic heterocycles. The van der Waals surface area contributed by atoms with E-state index >= 15 is 0 Å². The van der Waals surface area contributed by atoms with Crippen molar-refractivity contribution in [1.82, 2.24) is 0 Å². The Kier molecular flexibility index (Phi) is 4.03. The van der Waals surface area contributed by atoms with Crippen LogP contribution in [-0.4, -0.2) is 6.71 Å². The largest absolute Gasteiger partial charge is 0.142 e. The number of hydrogen-bond donors (Lipinski definition) is 0. The van der Waals surface area contributed by atoms with Crippen molar-refractivity contribution in [3.8, 4) is 0 Å². The predicted octanol–water partition coefficient (Wildman–Crippen LogP) is 2.93. The van der Waals surface area contributed by atoms with Gasteiger partial charge in [0.25, 0.3) is 0 Å². The summed E-state index contributed by atoms with van der Waals surface area (Å²) in [5.74, 6) is 0.880. The Morgan fingerprint density at radius 2 is 1.50 bits per heavy atom. The standard InChI is InChI=1S/C7H17B/c1-5-8(6-2)7(3)4/h7H,5-6H2,1-4H3. The molecule has 48 valence electrons. The molecule has 0 bridgehead atoms. The first-order valence-electron chi connectivity index (χ1n) is 3.72. The topological polar surface area (TPSA) is 0 Å². The van der Waals surface area contributed by atoms with Gasteiger partial charge in [-0.05, 0) is 0 Å². The second kappa shape index (κ2) is 4.00. The molecule has 0 amide bonds. The van der Waals surface area contributed by atoms with Gasteiger partial charge in [-0.2, -0.15) is 0 Å². The van der Waals surface area contributed by atoms with Crippen molar-refractivity contribution in [1.29, 1.82) is 0 Å². The van der Waals surface area contributed by atoms with Crippen molar-refractivity contribution in [2.75, 3.05) is 0 Å². The Morgan fingerprint density at radius 1 is 1.12 bits per heavy atom. The van der Waals surface area contributed by atoms with Crippen molar-refractivity contribution in [3.05, 3.63) is 0 Å². The molecule has 0 fully saturated rings. The van der Waals surface area contributed by atoms with E-state index in [1.54, 1.807) is 0 Å². The van der Waals surface area contributed by atoms with Crippen LogP contribution in [0.25, 0.3) is 0 Å². The van der Waals surface area contributed by atoms with Gasteiger partial charge in [-0.3, -0.25) is 0 Å². The molecular weight excluding hydrogens is 94.9 g/mol. The van der Waals surface area contributed by atoms with E-state index in [0.29, 0.717) is 0 Å². The van der Waals surface area contributed by atoms with Crippen LogP contribution in [0.15, 0.2) is 0 Å². The zero-order valence-corrected chi connectivity index (χ0v) is 6.57. The summed E-state index contributed by atoms with van der Waals surface area (Å²) in [7, 11) is 0. The smallest absolute Gasteiger partial charge is 0.0768 e. The molecule has 0 radical (unpaired) electrons. The first-order valence-corrected chi connectivity index (χ1v) is 3.72.